The zero-order valence-corrected chi connectivity index (χ0v) is 18.2. The van der Waals surface area contributed by atoms with Crippen molar-refractivity contribution in [3.8, 4) is 11.1 Å². The number of nitrogens with one attached hydrogen (secondary N) is 2. The predicted octanol–water partition coefficient (Wildman–Crippen LogP) is 4.07. The first kappa shape index (κ1) is 25.1. The first-order chi connectivity index (χ1) is 16.2. The summed E-state index contributed by atoms with van der Waals surface area (Å²) in [4.78, 5) is 34.3. The quantitative estimate of drug-likeness (QED) is 0.478. The topological polar surface area (TPSA) is 105 Å². The van der Waals surface area contributed by atoms with E-state index in [1.165, 1.54) is 0 Å². The molecule has 2 aromatic carbocycles. The number of hydrogen-bond acceptors (Lipinski definition) is 4. The van der Waals surface area contributed by atoms with Gasteiger partial charge in [0.25, 0.3) is 0 Å². The number of benzene rings is 2. The molecule has 10 heteroatoms. The summed E-state index contributed by atoms with van der Waals surface area (Å²) in [5, 5.41) is 13.0. The lowest BCUT2D eigenvalue weighted by molar-refractivity contribution is -0.180. The van der Waals surface area contributed by atoms with E-state index in [4.69, 9.17) is 9.84 Å². The first-order valence-electron chi connectivity index (χ1n) is 10.8. The van der Waals surface area contributed by atoms with E-state index in [9.17, 15) is 27.6 Å². The molecule has 7 nitrogen and oxygen atoms in total. The van der Waals surface area contributed by atoms with Gasteiger partial charge in [0.15, 0.2) is 0 Å². The Morgan fingerprint density at radius 3 is 2.09 bits per heavy atom. The van der Waals surface area contributed by atoms with Crippen molar-refractivity contribution in [3.05, 3.63) is 59.7 Å². The molecule has 2 aromatic rings. The van der Waals surface area contributed by atoms with Gasteiger partial charge >= 0.3 is 18.2 Å². The van der Waals surface area contributed by atoms with E-state index < -0.39 is 42.9 Å². The molecule has 3 N–H and O–H groups in total. The number of hydrogen-bond donors (Lipinski definition) is 3. The zero-order chi connectivity index (χ0) is 24.7. The maximum Gasteiger partial charge on any atom is 0.407 e. The van der Waals surface area contributed by atoms with Crippen molar-refractivity contribution in [3.63, 3.8) is 0 Å². The molecule has 0 saturated carbocycles. The monoisotopic (exact) mass is 478 g/mol. The average Bonchev–Trinajstić information content (AvgIpc) is 3.10. The minimum atomic E-state index is -4.65. The van der Waals surface area contributed by atoms with Crippen LogP contribution < -0.4 is 10.6 Å². The van der Waals surface area contributed by atoms with Crippen LogP contribution in [0.1, 0.15) is 36.3 Å². The molecule has 1 unspecified atom stereocenters. The highest BCUT2D eigenvalue weighted by atomic mass is 19.4. The van der Waals surface area contributed by atoms with E-state index in [-0.39, 0.29) is 32.0 Å². The van der Waals surface area contributed by atoms with Crippen molar-refractivity contribution in [1.82, 2.24) is 10.6 Å². The lowest BCUT2D eigenvalue weighted by Crippen LogP contribution is -2.35. The normalized spacial score (nSPS) is 13.5. The number of aliphatic carboxylic acids is 1. The fourth-order valence-electron chi connectivity index (χ4n) is 3.98. The van der Waals surface area contributed by atoms with Crippen LogP contribution in [0, 0.1) is 5.92 Å². The van der Waals surface area contributed by atoms with Crippen molar-refractivity contribution < 1.29 is 37.4 Å². The number of carbonyl (C=O) groups is 3. The van der Waals surface area contributed by atoms with Gasteiger partial charge < -0.3 is 20.5 Å². The molecule has 1 aliphatic carbocycles. The summed E-state index contributed by atoms with van der Waals surface area (Å²) in [6, 6.07) is 15.5. The number of carboxylic acid groups (broad SMARTS) is 1. The third kappa shape index (κ3) is 6.49. The molecule has 1 aliphatic rings. The number of carboxylic acids is 1. The second-order valence-electron chi connectivity index (χ2n) is 7.98. The highest BCUT2D eigenvalue weighted by Crippen LogP contribution is 2.44. The Morgan fingerprint density at radius 2 is 1.53 bits per heavy atom. The van der Waals surface area contributed by atoms with Crippen LogP contribution in [-0.2, 0) is 14.3 Å². The van der Waals surface area contributed by atoms with E-state index in [1.54, 1.807) is 0 Å². The molecular weight excluding hydrogens is 453 g/mol. The highest BCUT2D eigenvalue weighted by molar-refractivity contribution is 5.79. The van der Waals surface area contributed by atoms with Crippen LogP contribution in [-0.4, -0.2) is 48.9 Å². The van der Waals surface area contributed by atoms with Gasteiger partial charge in [-0.15, -0.1) is 0 Å². The first-order valence-corrected chi connectivity index (χ1v) is 10.8. The summed E-state index contributed by atoms with van der Waals surface area (Å²) in [7, 11) is 0. The predicted molar refractivity (Wildman–Crippen MR) is 117 cm³/mol. The maximum absolute atomic E-state index is 13.3. The lowest BCUT2D eigenvalue weighted by Gasteiger charge is -2.20. The smallest absolute Gasteiger partial charge is 0.407 e. The van der Waals surface area contributed by atoms with Gasteiger partial charge in [-0.1, -0.05) is 48.5 Å². The van der Waals surface area contributed by atoms with Gasteiger partial charge in [-0.3, -0.25) is 9.59 Å². The number of rotatable bonds is 10. The van der Waals surface area contributed by atoms with Crippen molar-refractivity contribution in [2.75, 3.05) is 19.7 Å². The lowest BCUT2D eigenvalue weighted by atomic mass is 9.98. The molecular formula is C24H25F3N2O5. The molecule has 0 saturated heterocycles. The van der Waals surface area contributed by atoms with Crippen LogP contribution in [0.25, 0.3) is 11.1 Å². The Bertz CT molecular complexity index is 996. The number of alkyl carbamates (subject to hydrolysis) is 1. The van der Waals surface area contributed by atoms with Crippen LogP contribution in [0.5, 0.6) is 0 Å². The van der Waals surface area contributed by atoms with Gasteiger partial charge in [0.05, 0.1) is 12.3 Å². The third-order valence-electron chi connectivity index (χ3n) is 5.66. The second-order valence-corrected chi connectivity index (χ2v) is 7.98. The molecule has 0 aromatic heterocycles. The van der Waals surface area contributed by atoms with Gasteiger partial charge in [-0.2, -0.15) is 13.2 Å². The minimum absolute atomic E-state index is 0.0363. The summed E-state index contributed by atoms with van der Waals surface area (Å²) in [5.74, 6) is -4.22. The average molecular weight is 478 g/mol. The fraction of sp³-hybridized carbons (Fsp3) is 0.375. The molecule has 0 heterocycles. The molecule has 0 fully saturated rings. The van der Waals surface area contributed by atoms with Crippen molar-refractivity contribution in [1.29, 1.82) is 0 Å². The van der Waals surface area contributed by atoms with Crippen molar-refractivity contribution >= 4 is 18.0 Å². The number of amides is 2. The van der Waals surface area contributed by atoms with Gasteiger partial charge in [0.2, 0.25) is 5.91 Å². The standard InChI is InChI=1S/C24H25F3N2O5/c25-24(26,27)15(13-21(30)28-12-10-22(31)32)9-11-29-23(33)34-14-20-18-7-3-1-5-16(18)17-6-2-4-8-19(17)20/h1-8,15,20H,9-14H2,(H,28,30)(H,29,33)(H,31,32). The number of fused-ring (bicyclic) bond motifs is 3. The van der Waals surface area contributed by atoms with E-state index in [2.05, 4.69) is 10.6 Å². The summed E-state index contributed by atoms with van der Waals surface area (Å²) in [6.07, 6.45) is -7.23. The summed E-state index contributed by atoms with van der Waals surface area (Å²) in [6.45, 7) is -0.547. The molecule has 3 rings (SSSR count). The van der Waals surface area contributed by atoms with E-state index in [1.807, 2.05) is 48.5 Å². The third-order valence-corrected chi connectivity index (χ3v) is 5.66. The minimum Gasteiger partial charge on any atom is -0.481 e. The zero-order valence-electron chi connectivity index (χ0n) is 18.2. The molecule has 34 heavy (non-hydrogen) atoms. The Morgan fingerprint density at radius 1 is 0.941 bits per heavy atom. The molecule has 2 amide bonds. The fourth-order valence-corrected chi connectivity index (χ4v) is 3.98. The largest absolute Gasteiger partial charge is 0.481 e. The van der Waals surface area contributed by atoms with Crippen LogP contribution in [0.2, 0.25) is 0 Å². The number of alkyl halides is 3. The molecule has 1 atom stereocenters. The molecule has 0 spiro atoms. The van der Waals surface area contributed by atoms with E-state index in [0.717, 1.165) is 22.3 Å². The van der Waals surface area contributed by atoms with Crippen LogP contribution in [0.4, 0.5) is 18.0 Å². The SMILES string of the molecule is O=C(O)CCNC(=O)CC(CCNC(=O)OCC1c2ccccc2-c2ccccc21)C(F)(F)F. The maximum atomic E-state index is 13.3. The van der Waals surface area contributed by atoms with E-state index in [0.29, 0.717) is 0 Å². The van der Waals surface area contributed by atoms with E-state index >= 15 is 0 Å². The van der Waals surface area contributed by atoms with Crippen molar-refractivity contribution in [2.45, 2.75) is 31.4 Å². The van der Waals surface area contributed by atoms with Crippen molar-refractivity contribution in [2.24, 2.45) is 5.92 Å². The summed E-state index contributed by atoms with van der Waals surface area (Å²) >= 11 is 0. The van der Waals surface area contributed by atoms with Crippen LogP contribution >= 0.6 is 0 Å². The van der Waals surface area contributed by atoms with Crippen LogP contribution in [0.15, 0.2) is 48.5 Å². The number of ether oxygens (including phenoxy) is 1. The number of halogens is 3. The molecule has 0 radical (unpaired) electrons. The van der Waals surface area contributed by atoms with Gasteiger partial charge in [0, 0.05) is 25.4 Å². The Kier molecular flexibility index (Phi) is 8.14. The van der Waals surface area contributed by atoms with Gasteiger partial charge in [-0.25, -0.2) is 4.79 Å². The molecule has 0 aliphatic heterocycles. The highest BCUT2D eigenvalue weighted by Gasteiger charge is 2.40. The van der Waals surface area contributed by atoms with Gasteiger partial charge in [0.1, 0.15) is 6.61 Å². The Labute approximate surface area is 194 Å². The van der Waals surface area contributed by atoms with Crippen LogP contribution in [0.3, 0.4) is 0 Å². The summed E-state index contributed by atoms with van der Waals surface area (Å²) in [5.41, 5.74) is 4.15. The molecule has 182 valence electrons. The number of carbonyl (C=O) groups excluding carboxylic acids is 2. The molecule has 0 bridgehead atoms. The summed E-state index contributed by atoms with van der Waals surface area (Å²) < 4.78 is 45.1. The van der Waals surface area contributed by atoms with Gasteiger partial charge in [-0.05, 0) is 28.7 Å². The Balaban J connectivity index is 1.49. The second kappa shape index (κ2) is 11.0. The Hall–Kier alpha value is -3.56.